The van der Waals surface area contributed by atoms with E-state index < -0.39 is 11.1 Å². The van der Waals surface area contributed by atoms with Crippen LogP contribution in [0.4, 0.5) is 15.8 Å². The molecule has 2 amide bonds. The standard InChI is InChI=1S/C24H21FN6O2S/c1-15(23(33)28-19-11-9-18(10-12-19)27-16(2)32)34-24-30-29-22(17-6-5-13-26-14-17)31(24)21-8-4-3-7-20(21)25/h3-15H,1-2H3,(H,27,32)(H,28,33)/t15-/m1/s1. The van der Waals surface area contributed by atoms with Crippen molar-refractivity contribution in [2.75, 3.05) is 10.6 Å². The van der Waals surface area contributed by atoms with E-state index in [9.17, 15) is 14.0 Å². The summed E-state index contributed by atoms with van der Waals surface area (Å²) in [7, 11) is 0. The molecule has 0 unspecified atom stereocenters. The maximum atomic E-state index is 14.7. The van der Waals surface area contributed by atoms with Gasteiger partial charge in [0, 0.05) is 36.3 Å². The minimum Gasteiger partial charge on any atom is -0.326 e. The molecule has 0 aliphatic heterocycles. The zero-order valence-electron chi connectivity index (χ0n) is 18.4. The summed E-state index contributed by atoms with van der Waals surface area (Å²) in [5, 5.41) is 13.8. The zero-order valence-corrected chi connectivity index (χ0v) is 19.2. The summed E-state index contributed by atoms with van der Waals surface area (Å²) in [6.07, 6.45) is 3.26. The number of nitrogens with zero attached hydrogens (tertiary/aromatic N) is 4. The number of rotatable bonds is 7. The van der Waals surface area contributed by atoms with Crippen LogP contribution >= 0.6 is 11.8 Å². The van der Waals surface area contributed by atoms with Gasteiger partial charge in [0.25, 0.3) is 0 Å². The predicted molar refractivity (Wildman–Crippen MR) is 129 cm³/mol. The van der Waals surface area contributed by atoms with Crippen LogP contribution in [0.25, 0.3) is 17.1 Å². The summed E-state index contributed by atoms with van der Waals surface area (Å²) in [6.45, 7) is 3.16. The summed E-state index contributed by atoms with van der Waals surface area (Å²) in [5.74, 6) is -0.456. The molecule has 2 aromatic carbocycles. The van der Waals surface area contributed by atoms with E-state index in [4.69, 9.17) is 0 Å². The van der Waals surface area contributed by atoms with Crippen LogP contribution in [0.1, 0.15) is 13.8 Å². The van der Waals surface area contributed by atoms with Gasteiger partial charge in [-0.25, -0.2) is 4.39 Å². The predicted octanol–water partition coefficient (Wildman–Crippen LogP) is 4.55. The van der Waals surface area contributed by atoms with E-state index in [0.29, 0.717) is 27.9 Å². The van der Waals surface area contributed by atoms with Crippen molar-refractivity contribution in [3.8, 4) is 17.1 Å². The first kappa shape index (κ1) is 23.1. The smallest absolute Gasteiger partial charge is 0.237 e. The number of hydrogen-bond acceptors (Lipinski definition) is 6. The van der Waals surface area contributed by atoms with Crippen LogP contribution in [0, 0.1) is 5.82 Å². The highest BCUT2D eigenvalue weighted by molar-refractivity contribution is 8.00. The van der Waals surface area contributed by atoms with Crippen molar-refractivity contribution in [1.29, 1.82) is 0 Å². The van der Waals surface area contributed by atoms with Gasteiger partial charge in [-0.1, -0.05) is 23.9 Å². The van der Waals surface area contributed by atoms with Gasteiger partial charge in [-0.15, -0.1) is 10.2 Å². The maximum absolute atomic E-state index is 14.7. The minimum atomic E-state index is -0.563. The Morgan fingerprint density at radius 1 is 0.971 bits per heavy atom. The molecule has 34 heavy (non-hydrogen) atoms. The second kappa shape index (κ2) is 10.3. The van der Waals surface area contributed by atoms with Crippen molar-refractivity contribution in [2.45, 2.75) is 24.3 Å². The molecule has 0 radical (unpaired) electrons. The van der Waals surface area contributed by atoms with E-state index in [0.717, 1.165) is 11.8 Å². The molecule has 4 rings (SSSR count). The summed E-state index contributed by atoms with van der Waals surface area (Å²) in [5.41, 5.74) is 2.16. The van der Waals surface area contributed by atoms with Crippen LogP contribution in [0.5, 0.6) is 0 Å². The monoisotopic (exact) mass is 476 g/mol. The highest BCUT2D eigenvalue weighted by Gasteiger charge is 2.23. The van der Waals surface area contributed by atoms with Crippen LogP contribution in [-0.2, 0) is 9.59 Å². The Hall–Kier alpha value is -4.05. The van der Waals surface area contributed by atoms with Crippen LogP contribution in [0.3, 0.4) is 0 Å². The first-order chi connectivity index (χ1) is 16.4. The second-order valence-electron chi connectivity index (χ2n) is 7.34. The lowest BCUT2D eigenvalue weighted by molar-refractivity contribution is -0.115. The summed E-state index contributed by atoms with van der Waals surface area (Å²) >= 11 is 1.16. The Morgan fingerprint density at radius 3 is 2.32 bits per heavy atom. The number of anilines is 2. The molecule has 0 spiro atoms. The number of nitrogens with one attached hydrogen (secondary N) is 2. The van der Waals surface area contributed by atoms with E-state index in [1.807, 2.05) is 6.07 Å². The number of hydrogen-bond donors (Lipinski definition) is 2. The highest BCUT2D eigenvalue weighted by Crippen LogP contribution is 2.31. The van der Waals surface area contributed by atoms with Crippen molar-refractivity contribution in [2.24, 2.45) is 0 Å². The van der Waals surface area contributed by atoms with Crippen molar-refractivity contribution in [3.05, 3.63) is 78.9 Å². The Balaban J connectivity index is 1.57. The topological polar surface area (TPSA) is 102 Å². The van der Waals surface area contributed by atoms with Gasteiger partial charge in [-0.05, 0) is 55.5 Å². The van der Waals surface area contributed by atoms with E-state index in [1.54, 1.807) is 72.4 Å². The van der Waals surface area contributed by atoms with Gasteiger partial charge in [-0.3, -0.25) is 19.1 Å². The molecule has 0 saturated heterocycles. The highest BCUT2D eigenvalue weighted by atomic mass is 32.2. The molecule has 0 bridgehead atoms. The van der Waals surface area contributed by atoms with Gasteiger partial charge in [0.05, 0.1) is 10.9 Å². The number of benzene rings is 2. The van der Waals surface area contributed by atoms with Crippen LogP contribution < -0.4 is 10.6 Å². The minimum absolute atomic E-state index is 0.175. The van der Waals surface area contributed by atoms with Crippen LogP contribution in [0.2, 0.25) is 0 Å². The number of pyridine rings is 1. The molecule has 172 valence electrons. The molecule has 2 heterocycles. The third-order valence-corrected chi connectivity index (χ3v) is 5.81. The molecule has 0 aliphatic rings. The molecule has 2 N–H and O–H groups in total. The average Bonchev–Trinajstić information content (AvgIpc) is 3.24. The van der Waals surface area contributed by atoms with E-state index in [2.05, 4.69) is 25.8 Å². The lowest BCUT2D eigenvalue weighted by Crippen LogP contribution is -2.23. The van der Waals surface area contributed by atoms with Gasteiger partial charge < -0.3 is 10.6 Å². The fourth-order valence-electron chi connectivity index (χ4n) is 3.17. The number of aromatic nitrogens is 4. The molecule has 1 atom stereocenters. The third kappa shape index (κ3) is 5.29. The Bertz CT molecular complexity index is 1310. The number of halogens is 1. The Morgan fingerprint density at radius 2 is 1.68 bits per heavy atom. The molecule has 4 aromatic rings. The quantitative estimate of drug-likeness (QED) is 0.380. The number of amides is 2. The molecule has 2 aromatic heterocycles. The number of carbonyl (C=O) groups is 2. The molecular formula is C24H21FN6O2S. The van der Waals surface area contributed by atoms with Crippen molar-refractivity contribution < 1.29 is 14.0 Å². The Labute approximate surface area is 199 Å². The fourth-order valence-corrected chi connectivity index (χ4v) is 4.03. The van der Waals surface area contributed by atoms with E-state index in [-0.39, 0.29) is 17.5 Å². The molecule has 0 aliphatic carbocycles. The molecule has 10 heteroatoms. The summed E-state index contributed by atoms with van der Waals surface area (Å²) in [4.78, 5) is 28.1. The number of thioether (sulfide) groups is 1. The average molecular weight is 477 g/mol. The van der Waals surface area contributed by atoms with Gasteiger partial charge in [0.15, 0.2) is 11.0 Å². The SMILES string of the molecule is CC(=O)Nc1ccc(NC(=O)[C@@H](C)Sc2nnc(-c3cccnc3)n2-c2ccccc2F)cc1. The number of carbonyl (C=O) groups excluding carboxylic acids is 2. The summed E-state index contributed by atoms with van der Waals surface area (Å²) in [6, 6.07) is 16.7. The Kier molecular flexibility index (Phi) is 6.98. The first-order valence-corrected chi connectivity index (χ1v) is 11.3. The van der Waals surface area contributed by atoms with Crippen LogP contribution in [-0.4, -0.2) is 36.8 Å². The largest absolute Gasteiger partial charge is 0.326 e. The van der Waals surface area contributed by atoms with Gasteiger partial charge >= 0.3 is 0 Å². The maximum Gasteiger partial charge on any atom is 0.237 e. The zero-order chi connectivity index (χ0) is 24.1. The van der Waals surface area contributed by atoms with E-state index in [1.165, 1.54) is 13.0 Å². The third-order valence-electron chi connectivity index (χ3n) is 4.77. The van der Waals surface area contributed by atoms with Crippen LogP contribution in [0.15, 0.2) is 78.2 Å². The lowest BCUT2D eigenvalue weighted by atomic mass is 10.2. The number of para-hydroxylation sites is 1. The van der Waals surface area contributed by atoms with E-state index >= 15 is 0 Å². The van der Waals surface area contributed by atoms with Crippen molar-refractivity contribution >= 4 is 35.0 Å². The van der Waals surface area contributed by atoms with Gasteiger partial charge in [0.2, 0.25) is 11.8 Å². The molecule has 0 fully saturated rings. The molecule has 0 saturated carbocycles. The molecular weight excluding hydrogens is 455 g/mol. The second-order valence-corrected chi connectivity index (χ2v) is 8.65. The lowest BCUT2D eigenvalue weighted by Gasteiger charge is -2.14. The molecule has 8 nitrogen and oxygen atoms in total. The normalized spacial score (nSPS) is 11.6. The van der Waals surface area contributed by atoms with Crippen molar-refractivity contribution in [3.63, 3.8) is 0 Å². The van der Waals surface area contributed by atoms with Gasteiger partial charge in [-0.2, -0.15) is 0 Å². The first-order valence-electron chi connectivity index (χ1n) is 10.4. The summed E-state index contributed by atoms with van der Waals surface area (Å²) < 4.78 is 16.3. The fraction of sp³-hybridized carbons (Fsp3) is 0.125. The van der Waals surface area contributed by atoms with Crippen molar-refractivity contribution in [1.82, 2.24) is 19.7 Å². The van der Waals surface area contributed by atoms with Gasteiger partial charge in [0.1, 0.15) is 5.82 Å².